The number of hydrogen-bond acceptors (Lipinski definition) is 3. The first-order valence-corrected chi connectivity index (χ1v) is 13.9. The fraction of sp³-hybridized carbons (Fsp3) is 0.933. The van der Waals surface area contributed by atoms with E-state index in [-0.39, 0.29) is 33.9 Å². The van der Waals surface area contributed by atoms with E-state index in [1.165, 1.54) is 18.4 Å². The first-order chi connectivity index (χ1) is 15.1. The maximum Gasteiger partial charge on any atom is 0.0628 e. The Hall–Kier alpha value is -0.380. The summed E-state index contributed by atoms with van der Waals surface area (Å²) in [6, 6.07) is 0. The number of aliphatic hydroxyl groups is 3. The Labute approximate surface area is 203 Å². The van der Waals surface area contributed by atoms with E-state index in [1.54, 1.807) is 0 Å². The van der Waals surface area contributed by atoms with Crippen molar-refractivity contribution < 1.29 is 15.3 Å². The van der Waals surface area contributed by atoms with Crippen LogP contribution in [0.3, 0.4) is 0 Å². The van der Waals surface area contributed by atoms with Gasteiger partial charge in [0.2, 0.25) is 0 Å². The van der Waals surface area contributed by atoms with Crippen molar-refractivity contribution in [3.8, 4) is 0 Å². The van der Waals surface area contributed by atoms with Crippen LogP contribution in [0.1, 0.15) is 113 Å². The molecule has 0 aromatic heterocycles. The molecule has 4 rings (SSSR count). The van der Waals surface area contributed by atoms with Gasteiger partial charge in [-0.2, -0.15) is 0 Å². The standard InChI is InChI=1S/C30H52O3/c1-19(10-9-16-26(2,3)33)20-15-17-28(6)23-13-11-21-22(12-14-24(31)27(21,4)5)30(23,8)25(32)18-29(20,28)7/h11,19-20,22-25,31-33H,9-10,12-18H2,1-8H3/t19-,20?,22?,23?,24+,25-,28+,29-,30+/m1/s1. The van der Waals surface area contributed by atoms with Gasteiger partial charge < -0.3 is 15.3 Å². The second-order valence-corrected chi connectivity index (χ2v) is 14.6. The molecule has 190 valence electrons. The van der Waals surface area contributed by atoms with Gasteiger partial charge in [0.25, 0.3) is 0 Å². The lowest BCUT2D eigenvalue weighted by Crippen LogP contribution is -2.64. The van der Waals surface area contributed by atoms with Gasteiger partial charge in [0.1, 0.15) is 0 Å². The third-order valence-corrected chi connectivity index (χ3v) is 12.1. The molecule has 3 heteroatoms. The van der Waals surface area contributed by atoms with Crippen LogP contribution in [0.25, 0.3) is 0 Å². The molecule has 3 nitrogen and oxygen atoms in total. The van der Waals surface area contributed by atoms with E-state index in [4.69, 9.17) is 0 Å². The molecule has 0 radical (unpaired) electrons. The Balaban J connectivity index is 1.63. The molecule has 0 saturated heterocycles. The van der Waals surface area contributed by atoms with Crippen LogP contribution in [0.15, 0.2) is 11.6 Å². The summed E-state index contributed by atoms with van der Waals surface area (Å²) in [5.41, 5.74) is 0.934. The SMILES string of the molecule is C[C@H](CCCC(C)(C)O)C1CC[C@@]2(C)C3CC=C4C(CC[C@H](O)C4(C)C)[C@]3(C)[C@H](O)C[C@]12C. The Morgan fingerprint density at radius 2 is 1.67 bits per heavy atom. The van der Waals surface area contributed by atoms with Crippen LogP contribution >= 0.6 is 0 Å². The molecule has 0 aromatic rings. The average molecular weight is 461 g/mol. The summed E-state index contributed by atoms with van der Waals surface area (Å²) >= 11 is 0. The van der Waals surface area contributed by atoms with Crippen molar-refractivity contribution in [1.82, 2.24) is 0 Å². The summed E-state index contributed by atoms with van der Waals surface area (Å²) in [7, 11) is 0. The van der Waals surface area contributed by atoms with Gasteiger partial charge in [0.15, 0.2) is 0 Å². The molecule has 3 saturated carbocycles. The summed E-state index contributed by atoms with van der Waals surface area (Å²) < 4.78 is 0. The first kappa shape index (κ1) is 25.7. The highest BCUT2D eigenvalue weighted by Crippen LogP contribution is 2.74. The monoisotopic (exact) mass is 460 g/mol. The van der Waals surface area contributed by atoms with E-state index in [0.717, 1.165) is 44.9 Å². The lowest BCUT2D eigenvalue weighted by atomic mass is 9.38. The third kappa shape index (κ3) is 3.70. The van der Waals surface area contributed by atoms with Gasteiger partial charge in [-0.1, -0.05) is 66.0 Å². The van der Waals surface area contributed by atoms with E-state index in [1.807, 2.05) is 13.8 Å². The van der Waals surface area contributed by atoms with Gasteiger partial charge >= 0.3 is 0 Å². The smallest absolute Gasteiger partial charge is 0.0628 e. The lowest BCUT2D eigenvalue weighted by Gasteiger charge is -2.67. The number of allylic oxidation sites excluding steroid dienone is 1. The summed E-state index contributed by atoms with van der Waals surface area (Å²) in [5.74, 6) is 2.13. The van der Waals surface area contributed by atoms with Gasteiger partial charge in [-0.3, -0.25) is 0 Å². The molecule has 0 aliphatic heterocycles. The molecular formula is C30H52O3. The van der Waals surface area contributed by atoms with E-state index >= 15 is 0 Å². The van der Waals surface area contributed by atoms with Crippen molar-refractivity contribution in [3.05, 3.63) is 11.6 Å². The zero-order valence-corrected chi connectivity index (χ0v) is 22.7. The maximum absolute atomic E-state index is 11.9. The molecule has 4 aliphatic rings. The van der Waals surface area contributed by atoms with Crippen LogP contribution in [-0.2, 0) is 0 Å². The summed E-state index contributed by atoms with van der Waals surface area (Å²) in [6.45, 7) is 18.2. The van der Waals surface area contributed by atoms with Crippen LogP contribution in [0.2, 0.25) is 0 Å². The van der Waals surface area contributed by atoms with Gasteiger partial charge in [0.05, 0.1) is 17.8 Å². The van der Waals surface area contributed by atoms with Crippen LogP contribution in [0, 0.1) is 45.3 Å². The fourth-order valence-corrected chi connectivity index (χ4v) is 9.72. The average Bonchev–Trinajstić information content (AvgIpc) is 2.95. The predicted molar refractivity (Wildman–Crippen MR) is 136 cm³/mol. The molecule has 9 atom stereocenters. The molecule has 0 bridgehead atoms. The Kier molecular flexibility index (Phi) is 6.28. The van der Waals surface area contributed by atoms with Crippen molar-refractivity contribution in [3.63, 3.8) is 0 Å². The van der Waals surface area contributed by atoms with Gasteiger partial charge in [-0.25, -0.2) is 0 Å². The van der Waals surface area contributed by atoms with Crippen molar-refractivity contribution in [1.29, 1.82) is 0 Å². The predicted octanol–water partition coefficient (Wildman–Crippen LogP) is 6.50. The molecule has 3 N–H and O–H groups in total. The van der Waals surface area contributed by atoms with Crippen LogP contribution in [0.5, 0.6) is 0 Å². The molecule has 33 heavy (non-hydrogen) atoms. The number of hydrogen-bond donors (Lipinski definition) is 3. The second-order valence-electron chi connectivity index (χ2n) is 14.6. The highest BCUT2D eigenvalue weighted by Gasteiger charge is 2.70. The number of fused-ring (bicyclic) bond motifs is 5. The molecule has 4 aliphatic carbocycles. The normalized spacial score (nSPS) is 47.8. The highest BCUT2D eigenvalue weighted by atomic mass is 16.3. The first-order valence-electron chi connectivity index (χ1n) is 13.9. The molecule has 0 amide bonds. The zero-order valence-electron chi connectivity index (χ0n) is 22.7. The van der Waals surface area contributed by atoms with Crippen molar-refractivity contribution in [2.75, 3.05) is 0 Å². The highest BCUT2D eigenvalue weighted by molar-refractivity contribution is 5.31. The van der Waals surface area contributed by atoms with Gasteiger partial charge in [-0.05, 0) is 93.3 Å². The molecule has 3 unspecified atom stereocenters. The lowest BCUT2D eigenvalue weighted by molar-refractivity contribution is -0.204. The molecule has 3 fully saturated rings. The number of rotatable bonds is 5. The summed E-state index contributed by atoms with van der Waals surface area (Å²) in [6.07, 6.45) is 11.3. The third-order valence-electron chi connectivity index (χ3n) is 12.1. The Morgan fingerprint density at radius 1 is 1.00 bits per heavy atom. The van der Waals surface area contributed by atoms with E-state index < -0.39 is 5.60 Å². The van der Waals surface area contributed by atoms with Crippen molar-refractivity contribution in [2.45, 2.75) is 131 Å². The van der Waals surface area contributed by atoms with Crippen LogP contribution < -0.4 is 0 Å². The largest absolute Gasteiger partial charge is 0.393 e. The van der Waals surface area contributed by atoms with Crippen molar-refractivity contribution in [2.24, 2.45) is 45.3 Å². The van der Waals surface area contributed by atoms with E-state index in [0.29, 0.717) is 23.7 Å². The molecule has 0 heterocycles. The topological polar surface area (TPSA) is 60.7 Å². The minimum Gasteiger partial charge on any atom is -0.393 e. The number of aliphatic hydroxyl groups excluding tert-OH is 2. The quantitative estimate of drug-likeness (QED) is 0.410. The molecule has 0 spiro atoms. The zero-order chi connectivity index (χ0) is 24.6. The summed E-state index contributed by atoms with van der Waals surface area (Å²) in [4.78, 5) is 0. The maximum atomic E-state index is 11.9. The van der Waals surface area contributed by atoms with Crippen LogP contribution in [0.4, 0.5) is 0 Å². The fourth-order valence-electron chi connectivity index (χ4n) is 9.72. The van der Waals surface area contributed by atoms with E-state index in [9.17, 15) is 15.3 Å². The van der Waals surface area contributed by atoms with Crippen LogP contribution in [-0.4, -0.2) is 33.1 Å². The summed E-state index contributed by atoms with van der Waals surface area (Å²) in [5, 5.41) is 32.8. The second kappa shape index (κ2) is 8.07. The molecular weight excluding hydrogens is 408 g/mol. The minimum atomic E-state index is -0.579. The van der Waals surface area contributed by atoms with Gasteiger partial charge in [-0.15, -0.1) is 0 Å². The van der Waals surface area contributed by atoms with Crippen molar-refractivity contribution >= 4 is 0 Å². The van der Waals surface area contributed by atoms with Gasteiger partial charge in [0, 0.05) is 10.8 Å². The minimum absolute atomic E-state index is 0.102. The molecule has 0 aromatic carbocycles. The van der Waals surface area contributed by atoms with E-state index in [2.05, 4.69) is 47.6 Å². The Morgan fingerprint density at radius 3 is 2.30 bits per heavy atom. The Bertz CT molecular complexity index is 778.